The lowest BCUT2D eigenvalue weighted by Gasteiger charge is -2.20. The molecule has 35 heavy (non-hydrogen) atoms. The van der Waals surface area contributed by atoms with Crippen molar-refractivity contribution in [3.63, 3.8) is 0 Å². The summed E-state index contributed by atoms with van der Waals surface area (Å²) in [4.78, 5) is 36.6. The maximum absolute atomic E-state index is 12.6. The van der Waals surface area contributed by atoms with E-state index in [-0.39, 0.29) is 37.4 Å². The Balaban J connectivity index is 1.29. The van der Waals surface area contributed by atoms with E-state index in [9.17, 15) is 19.5 Å². The Kier molecular flexibility index (Phi) is 8.06. The molecule has 2 aromatic carbocycles. The van der Waals surface area contributed by atoms with E-state index < -0.39 is 18.0 Å². The summed E-state index contributed by atoms with van der Waals surface area (Å²) in [6.45, 7) is 2.32. The molecule has 0 radical (unpaired) electrons. The van der Waals surface area contributed by atoms with Crippen molar-refractivity contribution in [2.45, 2.75) is 57.4 Å². The van der Waals surface area contributed by atoms with E-state index in [4.69, 9.17) is 4.74 Å². The van der Waals surface area contributed by atoms with E-state index in [2.05, 4.69) is 34.9 Å². The molecule has 2 unspecified atom stereocenters. The highest BCUT2D eigenvalue weighted by atomic mass is 16.5. The van der Waals surface area contributed by atoms with Crippen LogP contribution in [-0.4, -0.2) is 42.3 Å². The highest BCUT2D eigenvalue weighted by molar-refractivity contribution is 5.80. The second-order valence-electron chi connectivity index (χ2n) is 9.68. The molecule has 0 spiro atoms. The van der Waals surface area contributed by atoms with Gasteiger partial charge in [-0.2, -0.15) is 0 Å². The van der Waals surface area contributed by atoms with Crippen LogP contribution in [-0.2, 0) is 14.3 Å². The number of nitrogens with one attached hydrogen (secondary N) is 2. The first-order chi connectivity index (χ1) is 17.0. The fourth-order valence-corrected chi connectivity index (χ4v) is 4.94. The molecule has 2 aromatic rings. The predicted molar refractivity (Wildman–Crippen MR) is 133 cm³/mol. The van der Waals surface area contributed by atoms with Crippen molar-refractivity contribution in [1.29, 1.82) is 0 Å². The van der Waals surface area contributed by atoms with Gasteiger partial charge >= 0.3 is 12.1 Å². The number of ether oxygens (including phenoxy) is 1. The third-order valence-electron chi connectivity index (χ3n) is 6.94. The number of aliphatic carboxylic acids is 1. The Bertz CT molecular complexity index is 1020. The molecule has 7 nitrogen and oxygen atoms in total. The molecular weight excluding hydrogens is 444 g/mol. The SMILES string of the molecule is CCCC(CC(=O)NCC(CC1CC1)C(=O)O)NC(=O)OCC1c2ccccc2-c2ccccc21. The number of carboxylic acids is 1. The number of fused-ring (bicyclic) bond motifs is 3. The molecule has 1 saturated carbocycles. The van der Waals surface area contributed by atoms with Gasteiger partial charge in [0.2, 0.25) is 5.91 Å². The average Bonchev–Trinajstić information content (AvgIpc) is 3.61. The van der Waals surface area contributed by atoms with Gasteiger partial charge in [0, 0.05) is 24.9 Å². The summed E-state index contributed by atoms with van der Waals surface area (Å²) < 4.78 is 5.62. The quantitative estimate of drug-likeness (QED) is 0.410. The Morgan fingerprint density at radius 1 is 1.03 bits per heavy atom. The molecule has 0 aromatic heterocycles. The fraction of sp³-hybridized carbons (Fsp3) is 0.464. The summed E-state index contributed by atoms with van der Waals surface area (Å²) in [6.07, 6.45) is 3.71. The number of benzene rings is 2. The van der Waals surface area contributed by atoms with Crippen LogP contribution in [0.4, 0.5) is 4.79 Å². The second-order valence-corrected chi connectivity index (χ2v) is 9.68. The maximum Gasteiger partial charge on any atom is 0.407 e. The molecule has 3 N–H and O–H groups in total. The Morgan fingerprint density at radius 2 is 1.66 bits per heavy atom. The van der Waals surface area contributed by atoms with Crippen LogP contribution in [0.5, 0.6) is 0 Å². The van der Waals surface area contributed by atoms with Crippen molar-refractivity contribution in [1.82, 2.24) is 10.6 Å². The number of amides is 2. The van der Waals surface area contributed by atoms with Crippen molar-refractivity contribution in [3.8, 4) is 11.1 Å². The average molecular weight is 479 g/mol. The third kappa shape index (κ3) is 6.41. The van der Waals surface area contributed by atoms with Gasteiger partial charge in [-0.15, -0.1) is 0 Å². The van der Waals surface area contributed by atoms with Gasteiger partial charge < -0.3 is 20.5 Å². The minimum absolute atomic E-state index is 0.0273. The number of hydrogen-bond donors (Lipinski definition) is 3. The van der Waals surface area contributed by atoms with Crippen LogP contribution in [0.1, 0.15) is 62.5 Å². The van der Waals surface area contributed by atoms with Crippen LogP contribution < -0.4 is 10.6 Å². The molecule has 2 aliphatic rings. The number of carbonyl (C=O) groups excluding carboxylic acids is 2. The number of alkyl carbamates (subject to hydrolysis) is 1. The molecule has 2 amide bonds. The summed E-state index contributed by atoms with van der Waals surface area (Å²) >= 11 is 0. The molecule has 2 atom stereocenters. The standard InChI is InChI=1S/C28H34N2O5/c1-2-7-20(15-26(31)29-16-19(27(32)33)14-18-12-13-18)30-28(34)35-17-25-23-10-5-3-8-21(23)22-9-4-6-11-24(22)25/h3-6,8-11,18-20,25H,2,7,12-17H2,1H3,(H,29,31)(H,30,34)(H,32,33). The van der Waals surface area contributed by atoms with Crippen molar-refractivity contribution < 1.29 is 24.2 Å². The van der Waals surface area contributed by atoms with Gasteiger partial charge in [0.1, 0.15) is 6.61 Å². The van der Waals surface area contributed by atoms with Gasteiger partial charge in [-0.25, -0.2) is 4.79 Å². The van der Waals surface area contributed by atoms with Gasteiger partial charge in [0.15, 0.2) is 0 Å². The summed E-state index contributed by atoms with van der Waals surface area (Å²) in [5, 5.41) is 15.0. The van der Waals surface area contributed by atoms with Crippen LogP contribution in [0.25, 0.3) is 11.1 Å². The summed E-state index contributed by atoms with van der Waals surface area (Å²) in [5.41, 5.74) is 4.62. The van der Waals surface area contributed by atoms with Crippen LogP contribution >= 0.6 is 0 Å². The lowest BCUT2D eigenvalue weighted by Crippen LogP contribution is -2.41. The zero-order valence-electron chi connectivity index (χ0n) is 20.2. The molecule has 2 aliphatic carbocycles. The smallest absolute Gasteiger partial charge is 0.407 e. The van der Waals surface area contributed by atoms with Gasteiger partial charge in [-0.1, -0.05) is 74.7 Å². The highest BCUT2D eigenvalue weighted by Crippen LogP contribution is 2.44. The van der Waals surface area contributed by atoms with Crippen molar-refractivity contribution in [2.24, 2.45) is 11.8 Å². The third-order valence-corrected chi connectivity index (χ3v) is 6.94. The van der Waals surface area contributed by atoms with Crippen molar-refractivity contribution >= 4 is 18.0 Å². The first-order valence-electron chi connectivity index (χ1n) is 12.6. The van der Waals surface area contributed by atoms with E-state index in [1.54, 1.807) is 0 Å². The molecule has 0 heterocycles. The molecule has 0 aliphatic heterocycles. The number of rotatable bonds is 12. The topological polar surface area (TPSA) is 105 Å². The molecule has 4 rings (SSSR count). The second kappa shape index (κ2) is 11.4. The molecule has 0 saturated heterocycles. The first kappa shape index (κ1) is 24.8. The van der Waals surface area contributed by atoms with Gasteiger partial charge in [-0.3, -0.25) is 9.59 Å². The lowest BCUT2D eigenvalue weighted by molar-refractivity contribution is -0.142. The van der Waals surface area contributed by atoms with Crippen LogP contribution in [0, 0.1) is 11.8 Å². The molecule has 0 bridgehead atoms. The van der Waals surface area contributed by atoms with Gasteiger partial charge in [0.05, 0.1) is 5.92 Å². The van der Waals surface area contributed by atoms with Gasteiger partial charge in [-0.05, 0) is 41.0 Å². The predicted octanol–water partition coefficient (Wildman–Crippen LogP) is 4.70. The molecule has 7 heteroatoms. The Hall–Kier alpha value is -3.35. The maximum atomic E-state index is 12.6. The monoisotopic (exact) mass is 478 g/mol. The first-order valence-corrected chi connectivity index (χ1v) is 12.6. The number of carboxylic acid groups (broad SMARTS) is 1. The minimum Gasteiger partial charge on any atom is -0.481 e. The van der Waals surface area contributed by atoms with E-state index in [0.29, 0.717) is 18.8 Å². The Morgan fingerprint density at radius 3 is 2.23 bits per heavy atom. The lowest BCUT2D eigenvalue weighted by atomic mass is 9.98. The van der Waals surface area contributed by atoms with E-state index >= 15 is 0 Å². The summed E-state index contributed by atoms with van der Waals surface area (Å²) in [7, 11) is 0. The van der Waals surface area contributed by atoms with Crippen molar-refractivity contribution in [2.75, 3.05) is 13.2 Å². The molecule has 1 fully saturated rings. The minimum atomic E-state index is -0.876. The zero-order valence-corrected chi connectivity index (χ0v) is 20.2. The molecular formula is C28H34N2O5. The van der Waals surface area contributed by atoms with E-state index in [0.717, 1.165) is 30.4 Å². The molecule has 186 valence electrons. The largest absolute Gasteiger partial charge is 0.481 e. The normalized spacial score (nSPS) is 16.0. The summed E-state index contributed by atoms with van der Waals surface area (Å²) in [6, 6.07) is 15.9. The summed E-state index contributed by atoms with van der Waals surface area (Å²) in [5.74, 6) is -1.26. The van der Waals surface area contributed by atoms with Crippen molar-refractivity contribution in [3.05, 3.63) is 59.7 Å². The van der Waals surface area contributed by atoms with Crippen LogP contribution in [0.15, 0.2) is 48.5 Å². The Labute approximate surface area is 206 Å². The fourth-order valence-electron chi connectivity index (χ4n) is 4.94. The van der Waals surface area contributed by atoms with Gasteiger partial charge in [0.25, 0.3) is 0 Å². The number of hydrogen-bond acceptors (Lipinski definition) is 4. The van der Waals surface area contributed by atoms with E-state index in [1.165, 1.54) is 11.1 Å². The zero-order chi connectivity index (χ0) is 24.8. The highest BCUT2D eigenvalue weighted by Gasteiger charge is 2.31. The van der Waals surface area contributed by atoms with Crippen LogP contribution in [0.2, 0.25) is 0 Å². The van der Waals surface area contributed by atoms with Crippen LogP contribution in [0.3, 0.4) is 0 Å². The number of carbonyl (C=O) groups is 3. The van der Waals surface area contributed by atoms with E-state index in [1.807, 2.05) is 31.2 Å².